The average Bonchev–Trinajstić information content (AvgIpc) is 3.69. The first-order valence-corrected chi connectivity index (χ1v) is 20.2. The lowest BCUT2D eigenvalue weighted by Gasteiger charge is -2.40. The molecule has 8 rings (SSSR count). The molecule has 5 atom stereocenters. The average molecular weight is 794 g/mol. The molecule has 3 aliphatic rings. The van der Waals surface area contributed by atoms with Crippen molar-refractivity contribution < 1.29 is 33.7 Å². The van der Waals surface area contributed by atoms with Gasteiger partial charge in [-0.05, 0) is 88.7 Å². The van der Waals surface area contributed by atoms with Crippen LogP contribution in [0.25, 0.3) is 0 Å². The number of aliphatic hydroxyl groups is 1. The van der Waals surface area contributed by atoms with Gasteiger partial charge in [0.15, 0.2) is 5.60 Å². The third-order valence-electron chi connectivity index (χ3n) is 12.9. The largest absolute Gasteiger partial charge is 0.497 e. The Labute approximate surface area is 345 Å². The maximum atomic E-state index is 15.3. The van der Waals surface area contributed by atoms with Crippen molar-refractivity contribution in [2.24, 2.45) is 11.8 Å². The Balaban J connectivity index is 1.10. The quantitative estimate of drug-likeness (QED) is 0.141. The number of ether oxygens (including phenoxy) is 3. The number of carbonyl (C=O) groups excluding carboxylic acids is 3. The topological polar surface area (TPSA) is 118 Å². The zero-order valence-corrected chi connectivity index (χ0v) is 34.2. The summed E-state index contributed by atoms with van der Waals surface area (Å²) in [6, 6.07) is 37.9. The van der Waals surface area contributed by atoms with Gasteiger partial charge in [-0.2, -0.15) is 0 Å². The van der Waals surface area contributed by atoms with E-state index < -0.39 is 17.1 Å². The van der Waals surface area contributed by atoms with Gasteiger partial charge in [-0.15, -0.1) is 0 Å². The summed E-state index contributed by atoms with van der Waals surface area (Å²) in [4.78, 5) is 46.4. The van der Waals surface area contributed by atoms with Gasteiger partial charge >= 0.3 is 0 Å². The van der Waals surface area contributed by atoms with Crippen LogP contribution in [0.15, 0.2) is 121 Å². The number of amides is 3. The van der Waals surface area contributed by atoms with Crippen molar-refractivity contribution in [3.63, 3.8) is 0 Å². The van der Waals surface area contributed by atoms with Gasteiger partial charge in [0.05, 0.1) is 51.6 Å². The molecular weight excluding hydrogens is 743 g/mol. The van der Waals surface area contributed by atoms with Gasteiger partial charge in [-0.3, -0.25) is 14.4 Å². The number of nitrogens with zero attached hydrogens (tertiary/aromatic N) is 2. The number of carbonyl (C=O) groups is 3. The molecular formula is C49H51N3O7. The Hall–Kier alpha value is -5.97. The fraction of sp³-hybridized carbons (Fsp3) is 0.327. The number of benzene rings is 5. The van der Waals surface area contributed by atoms with Crippen molar-refractivity contribution in [1.29, 1.82) is 0 Å². The van der Waals surface area contributed by atoms with Crippen molar-refractivity contribution >= 4 is 29.1 Å². The van der Waals surface area contributed by atoms with E-state index >= 15 is 4.79 Å². The van der Waals surface area contributed by atoms with Gasteiger partial charge in [-0.25, -0.2) is 0 Å². The number of hydrogen-bond donors (Lipinski definition) is 2. The fourth-order valence-corrected chi connectivity index (χ4v) is 9.78. The van der Waals surface area contributed by atoms with Gasteiger partial charge in [0.1, 0.15) is 11.5 Å². The molecule has 0 radical (unpaired) electrons. The van der Waals surface area contributed by atoms with Crippen LogP contribution in [0.1, 0.15) is 65.4 Å². The van der Waals surface area contributed by atoms with E-state index in [4.69, 9.17) is 14.2 Å². The minimum atomic E-state index is -1.35. The van der Waals surface area contributed by atoms with Crippen LogP contribution in [0.2, 0.25) is 0 Å². The van der Waals surface area contributed by atoms with E-state index in [0.717, 1.165) is 39.3 Å². The predicted molar refractivity (Wildman–Crippen MR) is 226 cm³/mol. The van der Waals surface area contributed by atoms with Crippen molar-refractivity contribution in [3.05, 3.63) is 155 Å². The minimum Gasteiger partial charge on any atom is -0.497 e. The first-order chi connectivity index (χ1) is 28.5. The summed E-state index contributed by atoms with van der Waals surface area (Å²) in [7, 11) is 3.22. The molecule has 5 aromatic rings. The Kier molecular flexibility index (Phi) is 10.8. The highest BCUT2D eigenvalue weighted by Crippen LogP contribution is 2.60. The summed E-state index contributed by atoms with van der Waals surface area (Å²) in [5, 5.41) is 13.4. The number of nitrogens with one attached hydrogen (secondary N) is 1. The summed E-state index contributed by atoms with van der Waals surface area (Å²) in [5.41, 5.74) is 4.92. The van der Waals surface area contributed by atoms with Crippen LogP contribution in [0, 0.1) is 11.8 Å². The van der Waals surface area contributed by atoms with Gasteiger partial charge < -0.3 is 34.4 Å². The summed E-state index contributed by atoms with van der Waals surface area (Å²) in [6.07, 6.45) is -0.00700. The third kappa shape index (κ3) is 7.14. The van der Waals surface area contributed by atoms with E-state index in [-0.39, 0.29) is 55.2 Å². The molecule has 59 heavy (non-hydrogen) atoms. The highest BCUT2D eigenvalue weighted by Gasteiger charge is 2.66. The van der Waals surface area contributed by atoms with Crippen molar-refractivity contribution in [1.82, 2.24) is 4.90 Å². The third-order valence-corrected chi connectivity index (χ3v) is 12.9. The second-order valence-corrected chi connectivity index (χ2v) is 16.5. The smallest absolute Gasteiger partial charge is 0.264 e. The second kappa shape index (κ2) is 16.0. The Morgan fingerprint density at radius 3 is 2.14 bits per heavy atom. The highest BCUT2D eigenvalue weighted by atomic mass is 16.5. The molecule has 0 saturated carbocycles. The Bertz CT molecular complexity index is 2340. The van der Waals surface area contributed by atoms with E-state index in [9.17, 15) is 14.7 Å². The van der Waals surface area contributed by atoms with Crippen LogP contribution < -0.4 is 19.7 Å². The second-order valence-electron chi connectivity index (χ2n) is 16.5. The summed E-state index contributed by atoms with van der Waals surface area (Å²) >= 11 is 0. The van der Waals surface area contributed by atoms with Gasteiger partial charge in [0, 0.05) is 35.2 Å². The van der Waals surface area contributed by atoms with E-state index in [1.54, 1.807) is 48.3 Å². The zero-order chi connectivity index (χ0) is 41.5. The number of fused-ring (bicyclic) bond motifs is 3. The number of aliphatic hydroxyl groups excluding tert-OH is 1. The van der Waals surface area contributed by atoms with Crippen molar-refractivity contribution in [2.75, 3.05) is 31.0 Å². The normalized spacial score (nSPS) is 22.2. The maximum absolute atomic E-state index is 15.3. The SMILES string of the molecule is COc1ccc(C(=O)Nc2ccc(CN3C(=O)[C@@]4(O[C@@H](CC(=O)N5Cc6ccccc6C[C@H]5CO)[C@H](C(C)(C)c5ccc(OC)cc5)[C@H]4C)c4ccccc43)cc2)cc1. The van der Waals surface area contributed by atoms with Crippen LogP contribution in [-0.2, 0) is 44.9 Å². The van der Waals surface area contributed by atoms with E-state index in [1.165, 1.54) is 0 Å². The van der Waals surface area contributed by atoms with E-state index in [2.05, 4.69) is 44.3 Å². The molecule has 0 aliphatic carbocycles. The van der Waals surface area contributed by atoms with Gasteiger partial charge in [0.2, 0.25) is 5.91 Å². The van der Waals surface area contributed by atoms with E-state index in [0.29, 0.717) is 30.0 Å². The summed E-state index contributed by atoms with van der Waals surface area (Å²) in [5.74, 6) is 0.274. The molecule has 0 aromatic heterocycles. The first kappa shape index (κ1) is 39.8. The monoisotopic (exact) mass is 793 g/mol. The molecule has 10 heteroatoms. The van der Waals surface area contributed by atoms with Crippen LogP contribution in [0.5, 0.6) is 11.5 Å². The lowest BCUT2D eigenvalue weighted by molar-refractivity contribution is -0.151. The van der Waals surface area contributed by atoms with E-state index in [1.807, 2.05) is 78.9 Å². The van der Waals surface area contributed by atoms with Crippen LogP contribution in [0.3, 0.4) is 0 Å². The molecule has 0 unspecified atom stereocenters. The molecule has 1 saturated heterocycles. The maximum Gasteiger partial charge on any atom is 0.264 e. The lowest BCUT2D eigenvalue weighted by Crippen LogP contribution is -2.48. The lowest BCUT2D eigenvalue weighted by atomic mass is 9.63. The molecule has 2 N–H and O–H groups in total. The first-order valence-electron chi connectivity index (χ1n) is 20.2. The predicted octanol–water partition coefficient (Wildman–Crippen LogP) is 7.66. The highest BCUT2D eigenvalue weighted by molar-refractivity contribution is 6.07. The van der Waals surface area contributed by atoms with Gasteiger partial charge in [-0.1, -0.05) is 87.5 Å². The molecule has 0 bridgehead atoms. The number of hydrogen-bond acceptors (Lipinski definition) is 7. The van der Waals surface area contributed by atoms with Crippen LogP contribution >= 0.6 is 0 Å². The molecule has 10 nitrogen and oxygen atoms in total. The standard InChI is InChI=1S/C49H51N3O7/c1-31-45(48(2,3)36-18-24-40(58-5)25-19-36)43(27-44(54)51-29-35-11-7-6-10-34(35)26-38(51)30-53)59-49(31)41-12-8-9-13-42(41)52(47(49)56)28-32-14-20-37(21-15-32)50-46(55)33-16-22-39(57-4)23-17-33/h6-25,31,38,43,45,53H,26-30H2,1-5H3,(H,50,55)/t31-,38+,43+,45-,49+/m1/s1. The number of para-hydroxylation sites is 1. The number of methoxy groups -OCH3 is 2. The number of anilines is 2. The van der Waals surface area contributed by atoms with Gasteiger partial charge in [0.25, 0.3) is 11.8 Å². The molecule has 3 heterocycles. The summed E-state index contributed by atoms with van der Waals surface area (Å²) in [6.45, 7) is 6.96. The molecule has 5 aromatic carbocycles. The van der Waals surface area contributed by atoms with Crippen molar-refractivity contribution in [2.45, 2.75) is 69.9 Å². The molecule has 3 amide bonds. The number of rotatable bonds is 11. The van der Waals surface area contributed by atoms with Crippen LogP contribution in [-0.4, -0.2) is 60.7 Å². The zero-order valence-electron chi connectivity index (χ0n) is 34.2. The minimum absolute atomic E-state index is 0.0498. The fourth-order valence-electron chi connectivity index (χ4n) is 9.78. The molecule has 1 fully saturated rings. The van der Waals surface area contributed by atoms with Crippen LogP contribution in [0.4, 0.5) is 11.4 Å². The molecule has 304 valence electrons. The Morgan fingerprint density at radius 1 is 0.847 bits per heavy atom. The molecule has 3 aliphatic heterocycles. The Morgan fingerprint density at radius 2 is 1.47 bits per heavy atom. The van der Waals surface area contributed by atoms with Crippen molar-refractivity contribution in [3.8, 4) is 11.5 Å². The molecule has 1 spiro atoms. The summed E-state index contributed by atoms with van der Waals surface area (Å²) < 4.78 is 17.9.